The van der Waals surface area contributed by atoms with E-state index in [1.54, 1.807) is 0 Å². The summed E-state index contributed by atoms with van der Waals surface area (Å²) in [4.78, 5) is 0. The molecule has 1 aliphatic carbocycles. The zero-order valence-corrected chi connectivity index (χ0v) is 12.8. The monoisotopic (exact) mass is 353 g/mol. The minimum absolute atomic E-state index is 0.281. The van der Waals surface area contributed by atoms with Gasteiger partial charge in [-0.3, -0.25) is 0 Å². The van der Waals surface area contributed by atoms with Crippen LogP contribution in [-0.2, 0) is 6.54 Å². The molecule has 2 aromatic rings. The van der Waals surface area contributed by atoms with Gasteiger partial charge in [0, 0.05) is 28.7 Å². The van der Waals surface area contributed by atoms with Gasteiger partial charge in [0.1, 0.15) is 11.5 Å². The van der Waals surface area contributed by atoms with Gasteiger partial charge in [0.15, 0.2) is 11.6 Å². The summed E-state index contributed by atoms with van der Waals surface area (Å²) in [6.07, 6.45) is 2.40. The van der Waals surface area contributed by atoms with Crippen LogP contribution in [0.15, 0.2) is 40.9 Å². The first-order valence-electron chi connectivity index (χ1n) is 6.76. The van der Waals surface area contributed by atoms with Gasteiger partial charge in [-0.15, -0.1) is 0 Å². The van der Waals surface area contributed by atoms with Gasteiger partial charge in [0.25, 0.3) is 0 Å². The summed E-state index contributed by atoms with van der Waals surface area (Å²) in [5.41, 5.74) is 0.973. The number of rotatable bonds is 5. The van der Waals surface area contributed by atoms with Crippen LogP contribution in [0.2, 0.25) is 0 Å². The lowest BCUT2D eigenvalue weighted by Gasteiger charge is -2.12. The fraction of sp³-hybridized carbons (Fsp3) is 0.250. The van der Waals surface area contributed by atoms with Gasteiger partial charge in [-0.05, 0) is 43.2 Å². The molecule has 0 bridgehead atoms. The molecule has 2 nitrogen and oxygen atoms in total. The molecule has 1 fully saturated rings. The first kappa shape index (κ1) is 14.5. The SMILES string of the molecule is Fc1ccc(Oc2ccc(Br)cc2CNC2CC2)cc1F. The number of hydrogen-bond acceptors (Lipinski definition) is 2. The lowest BCUT2D eigenvalue weighted by atomic mass is 10.2. The second kappa shape index (κ2) is 6.12. The van der Waals surface area contributed by atoms with Crippen molar-refractivity contribution < 1.29 is 13.5 Å². The molecule has 3 rings (SSSR count). The quantitative estimate of drug-likeness (QED) is 0.835. The van der Waals surface area contributed by atoms with Crippen molar-refractivity contribution in [3.63, 3.8) is 0 Å². The van der Waals surface area contributed by atoms with E-state index in [4.69, 9.17) is 4.74 Å². The van der Waals surface area contributed by atoms with E-state index < -0.39 is 11.6 Å². The van der Waals surface area contributed by atoms with E-state index >= 15 is 0 Å². The van der Waals surface area contributed by atoms with Crippen LogP contribution in [0.1, 0.15) is 18.4 Å². The van der Waals surface area contributed by atoms with Crippen molar-refractivity contribution in [3.8, 4) is 11.5 Å². The standard InChI is InChI=1S/C16H14BrF2NO/c17-11-1-6-16(10(7-11)9-20-12-2-3-12)21-13-4-5-14(18)15(19)8-13/h1,4-8,12,20H,2-3,9H2. The van der Waals surface area contributed by atoms with E-state index in [0.717, 1.165) is 22.2 Å². The predicted octanol–water partition coefficient (Wildman–Crippen LogP) is 4.77. The third-order valence-electron chi connectivity index (χ3n) is 3.30. The zero-order valence-electron chi connectivity index (χ0n) is 11.2. The van der Waals surface area contributed by atoms with Crippen molar-refractivity contribution in [3.05, 3.63) is 58.1 Å². The van der Waals surface area contributed by atoms with Crippen LogP contribution < -0.4 is 10.1 Å². The first-order valence-corrected chi connectivity index (χ1v) is 7.56. The first-order chi connectivity index (χ1) is 10.1. The highest BCUT2D eigenvalue weighted by molar-refractivity contribution is 9.10. The average molecular weight is 354 g/mol. The maximum absolute atomic E-state index is 13.2. The molecule has 0 amide bonds. The van der Waals surface area contributed by atoms with Crippen LogP contribution in [0, 0.1) is 11.6 Å². The zero-order chi connectivity index (χ0) is 14.8. The molecule has 0 heterocycles. The Hall–Kier alpha value is -1.46. The molecule has 1 saturated carbocycles. The Morgan fingerprint density at radius 2 is 1.90 bits per heavy atom. The Labute approximate surface area is 130 Å². The van der Waals surface area contributed by atoms with Gasteiger partial charge in [-0.1, -0.05) is 15.9 Å². The minimum Gasteiger partial charge on any atom is -0.457 e. The smallest absolute Gasteiger partial charge is 0.162 e. The number of hydrogen-bond donors (Lipinski definition) is 1. The van der Waals surface area contributed by atoms with Crippen LogP contribution >= 0.6 is 15.9 Å². The van der Waals surface area contributed by atoms with Crippen molar-refractivity contribution in [2.45, 2.75) is 25.4 Å². The van der Waals surface area contributed by atoms with Crippen molar-refractivity contribution in [2.24, 2.45) is 0 Å². The summed E-state index contributed by atoms with van der Waals surface area (Å²) in [5.74, 6) is -0.878. The maximum atomic E-state index is 13.2. The number of ether oxygens (including phenoxy) is 1. The second-order valence-electron chi connectivity index (χ2n) is 5.09. The van der Waals surface area contributed by atoms with E-state index in [-0.39, 0.29) is 5.75 Å². The fourth-order valence-electron chi connectivity index (χ4n) is 1.99. The highest BCUT2D eigenvalue weighted by Gasteiger charge is 2.20. The van der Waals surface area contributed by atoms with E-state index in [1.165, 1.54) is 18.9 Å². The summed E-state index contributed by atoms with van der Waals surface area (Å²) in [5, 5.41) is 3.41. The van der Waals surface area contributed by atoms with E-state index in [1.807, 2.05) is 18.2 Å². The van der Waals surface area contributed by atoms with Crippen molar-refractivity contribution >= 4 is 15.9 Å². The predicted molar refractivity (Wildman–Crippen MR) is 80.4 cm³/mol. The topological polar surface area (TPSA) is 21.3 Å². The molecular weight excluding hydrogens is 340 g/mol. The average Bonchev–Trinajstić information content (AvgIpc) is 3.27. The lowest BCUT2D eigenvalue weighted by Crippen LogP contribution is -2.15. The van der Waals surface area contributed by atoms with Crippen LogP contribution in [0.3, 0.4) is 0 Å². The third-order valence-corrected chi connectivity index (χ3v) is 3.79. The molecule has 0 unspecified atom stereocenters. The normalized spacial score (nSPS) is 14.2. The highest BCUT2D eigenvalue weighted by Crippen LogP contribution is 2.30. The molecule has 21 heavy (non-hydrogen) atoms. The van der Waals surface area contributed by atoms with Crippen molar-refractivity contribution in [1.29, 1.82) is 0 Å². The second-order valence-corrected chi connectivity index (χ2v) is 6.00. The molecule has 0 aromatic heterocycles. The summed E-state index contributed by atoms with van der Waals surface area (Å²) >= 11 is 3.43. The van der Waals surface area contributed by atoms with Crippen LogP contribution in [0.4, 0.5) is 8.78 Å². The molecule has 110 valence electrons. The summed E-state index contributed by atoms with van der Waals surface area (Å²) < 4.78 is 32.8. The van der Waals surface area contributed by atoms with Crippen molar-refractivity contribution in [2.75, 3.05) is 0 Å². The van der Waals surface area contributed by atoms with Gasteiger partial charge in [-0.25, -0.2) is 8.78 Å². The molecule has 0 radical (unpaired) electrons. The molecule has 2 aromatic carbocycles. The summed E-state index contributed by atoms with van der Waals surface area (Å²) in [6, 6.07) is 9.75. The Kier molecular flexibility index (Phi) is 4.22. The molecule has 0 saturated heterocycles. The largest absolute Gasteiger partial charge is 0.457 e. The van der Waals surface area contributed by atoms with Gasteiger partial charge in [-0.2, -0.15) is 0 Å². The van der Waals surface area contributed by atoms with Crippen LogP contribution in [-0.4, -0.2) is 6.04 Å². The molecule has 0 aliphatic heterocycles. The minimum atomic E-state index is -0.915. The molecule has 5 heteroatoms. The van der Waals surface area contributed by atoms with E-state index in [2.05, 4.69) is 21.2 Å². The summed E-state index contributed by atoms with van der Waals surface area (Å²) in [7, 11) is 0. The Morgan fingerprint density at radius 3 is 2.62 bits per heavy atom. The molecule has 1 aliphatic rings. The number of benzene rings is 2. The van der Waals surface area contributed by atoms with Crippen LogP contribution in [0.25, 0.3) is 0 Å². The molecule has 0 spiro atoms. The summed E-state index contributed by atoms with van der Waals surface area (Å²) in [6.45, 7) is 0.684. The van der Waals surface area contributed by atoms with Gasteiger partial charge < -0.3 is 10.1 Å². The number of nitrogens with one attached hydrogen (secondary N) is 1. The number of halogens is 3. The molecule has 1 N–H and O–H groups in total. The third kappa shape index (κ3) is 3.80. The Bertz CT molecular complexity index is 659. The molecular formula is C16H14BrF2NO. The lowest BCUT2D eigenvalue weighted by molar-refractivity contribution is 0.455. The Balaban J connectivity index is 1.80. The van der Waals surface area contributed by atoms with Crippen molar-refractivity contribution in [1.82, 2.24) is 5.32 Å². The molecule has 0 atom stereocenters. The Morgan fingerprint density at radius 1 is 1.10 bits per heavy atom. The van der Waals surface area contributed by atoms with Gasteiger partial charge >= 0.3 is 0 Å². The fourth-order valence-corrected chi connectivity index (χ4v) is 2.40. The highest BCUT2D eigenvalue weighted by atomic mass is 79.9. The maximum Gasteiger partial charge on any atom is 0.162 e. The van der Waals surface area contributed by atoms with Gasteiger partial charge in [0.05, 0.1) is 0 Å². The van der Waals surface area contributed by atoms with Gasteiger partial charge in [0.2, 0.25) is 0 Å². The van der Waals surface area contributed by atoms with E-state index in [0.29, 0.717) is 18.3 Å². The van der Waals surface area contributed by atoms with E-state index in [9.17, 15) is 8.78 Å². The van der Waals surface area contributed by atoms with Crippen LogP contribution in [0.5, 0.6) is 11.5 Å².